The van der Waals surface area contributed by atoms with Crippen LogP contribution < -0.4 is 5.73 Å². The van der Waals surface area contributed by atoms with E-state index in [0.29, 0.717) is 5.92 Å². The van der Waals surface area contributed by atoms with Crippen molar-refractivity contribution in [2.75, 3.05) is 0 Å². The molecule has 0 fully saturated rings. The van der Waals surface area contributed by atoms with E-state index in [0.717, 1.165) is 6.42 Å². The Morgan fingerprint density at radius 1 is 1.47 bits per heavy atom. The standard InChI is InChI=1S/C12H20N2S/c1-3-8(4-2)12-14-11-9(13)6-5-7-10(11)15-12/h8-9H,3-7,13H2,1-2H3. The second-order valence-corrected chi connectivity index (χ2v) is 5.49. The number of aromatic nitrogens is 1. The normalized spacial score (nSPS) is 20.7. The van der Waals surface area contributed by atoms with Gasteiger partial charge in [0.2, 0.25) is 0 Å². The van der Waals surface area contributed by atoms with Gasteiger partial charge >= 0.3 is 0 Å². The molecule has 0 saturated carbocycles. The Morgan fingerprint density at radius 2 is 2.20 bits per heavy atom. The molecule has 3 heteroatoms. The summed E-state index contributed by atoms with van der Waals surface area (Å²) >= 11 is 1.91. The maximum atomic E-state index is 6.09. The van der Waals surface area contributed by atoms with E-state index in [1.807, 2.05) is 11.3 Å². The molecule has 2 rings (SSSR count). The topological polar surface area (TPSA) is 38.9 Å². The molecular weight excluding hydrogens is 204 g/mol. The zero-order valence-electron chi connectivity index (χ0n) is 9.62. The molecule has 1 unspecified atom stereocenters. The molecule has 1 aliphatic carbocycles. The van der Waals surface area contributed by atoms with E-state index in [9.17, 15) is 0 Å². The number of hydrogen-bond donors (Lipinski definition) is 1. The number of hydrogen-bond acceptors (Lipinski definition) is 3. The first-order chi connectivity index (χ1) is 7.26. The lowest BCUT2D eigenvalue weighted by atomic mass is 9.98. The van der Waals surface area contributed by atoms with Crippen molar-refractivity contribution in [2.45, 2.75) is 57.9 Å². The smallest absolute Gasteiger partial charge is 0.0962 e. The summed E-state index contributed by atoms with van der Waals surface area (Å²) in [4.78, 5) is 6.22. The Bertz CT molecular complexity index is 328. The van der Waals surface area contributed by atoms with Crippen LogP contribution in [0.4, 0.5) is 0 Å². The molecule has 0 bridgehead atoms. The van der Waals surface area contributed by atoms with Crippen molar-refractivity contribution in [3.8, 4) is 0 Å². The van der Waals surface area contributed by atoms with Crippen LogP contribution in [-0.4, -0.2) is 4.98 Å². The van der Waals surface area contributed by atoms with Gasteiger partial charge in [-0.05, 0) is 32.1 Å². The number of nitrogens with zero attached hydrogens (tertiary/aromatic N) is 1. The van der Waals surface area contributed by atoms with Gasteiger partial charge in [0.1, 0.15) is 0 Å². The number of nitrogens with two attached hydrogens (primary N) is 1. The Labute approximate surface area is 95.9 Å². The van der Waals surface area contributed by atoms with Crippen LogP contribution in [0.3, 0.4) is 0 Å². The largest absolute Gasteiger partial charge is 0.323 e. The summed E-state index contributed by atoms with van der Waals surface area (Å²) in [6, 6.07) is 0.202. The monoisotopic (exact) mass is 224 g/mol. The van der Waals surface area contributed by atoms with E-state index < -0.39 is 0 Å². The van der Waals surface area contributed by atoms with Gasteiger partial charge in [-0.15, -0.1) is 11.3 Å². The number of aryl methyl sites for hydroxylation is 1. The van der Waals surface area contributed by atoms with Gasteiger partial charge in [0.05, 0.1) is 10.7 Å². The molecule has 0 radical (unpaired) electrons. The number of fused-ring (bicyclic) bond motifs is 1. The van der Waals surface area contributed by atoms with E-state index in [-0.39, 0.29) is 6.04 Å². The molecular formula is C12H20N2S. The van der Waals surface area contributed by atoms with Gasteiger partial charge in [-0.25, -0.2) is 4.98 Å². The number of thiazole rings is 1. The molecule has 1 aromatic rings. The minimum absolute atomic E-state index is 0.202. The first-order valence-electron chi connectivity index (χ1n) is 6.01. The summed E-state index contributed by atoms with van der Waals surface area (Å²) in [5.74, 6) is 0.646. The molecule has 0 aliphatic heterocycles. The highest BCUT2D eigenvalue weighted by molar-refractivity contribution is 7.11. The van der Waals surface area contributed by atoms with Crippen molar-refractivity contribution >= 4 is 11.3 Å². The van der Waals surface area contributed by atoms with Gasteiger partial charge in [-0.1, -0.05) is 13.8 Å². The molecule has 1 heterocycles. The summed E-state index contributed by atoms with van der Waals surface area (Å²) in [6.45, 7) is 4.49. The fourth-order valence-corrected chi connectivity index (χ4v) is 3.73. The molecule has 1 aromatic heterocycles. The quantitative estimate of drug-likeness (QED) is 0.854. The average molecular weight is 224 g/mol. The van der Waals surface area contributed by atoms with Crippen LogP contribution in [0.2, 0.25) is 0 Å². The highest BCUT2D eigenvalue weighted by Crippen LogP contribution is 2.36. The Morgan fingerprint density at radius 3 is 2.80 bits per heavy atom. The van der Waals surface area contributed by atoms with Crippen LogP contribution in [-0.2, 0) is 6.42 Å². The van der Waals surface area contributed by atoms with Crippen LogP contribution in [0.5, 0.6) is 0 Å². The molecule has 1 aliphatic rings. The molecule has 0 amide bonds. The van der Waals surface area contributed by atoms with Gasteiger partial charge in [0.25, 0.3) is 0 Å². The van der Waals surface area contributed by atoms with Gasteiger partial charge in [0.15, 0.2) is 0 Å². The van der Waals surface area contributed by atoms with Crippen molar-refractivity contribution in [1.82, 2.24) is 4.98 Å². The fourth-order valence-electron chi connectivity index (χ4n) is 2.28. The minimum atomic E-state index is 0.202. The second kappa shape index (κ2) is 4.62. The highest BCUT2D eigenvalue weighted by atomic mass is 32.1. The first kappa shape index (κ1) is 11.1. The first-order valence-corrected chi connectivity index (χ1v) is 6.83. The van der Waals surface area contributed by atoms with Crippen molar-refractivity contribution in [3.63, 3.8) is 0 Å². The van der Waals surface area contributed by atoms with Crippen LogP contribution in [0.15, 0.2) is 0 Å². The zero-order chi connectivity index (χ0) is 10.8. The van der Waals surface area contributed by atoms with E-state index in [2.05, 4.69) is 13.8 Å². The maximum Gasteiger partial charge on any atom is 0.0962 e. The molecule has 84 valence electrons. The molecule has 15 heavy (non-hydrogen) atoms. The van der Waals surface area contributed by atoms with E-state index in [1.165, 1.54) is 41.3 Å². The van der Waals surface area contributed by atoms with E-state index in [4.69, 9.17) is 10.7 Å². The van der Waals surface area contributed by atoms with Crippen LogP contribution in [0.1, 0.15) is 67.1 Å². The molecule has 0 spiro atoms. The summed E-state index contributed by atoms with van der Waals surface area (Å²) in [5.41, 5.74) is 7.29. The zero-order valence-corrected chi connectivity index (χ0v) is 10.4. The maximum absolute atomic E-state index is 6.09. The van der Waals surface area contributed by atoms with Crippen LogP contribution in [0.25, 0.3) is 0 Å². The molecule has 0 saturated heterocycles. The third-order valence-electron chi connectivity index (χ3n) is 3.35. The molecule has 2 nitrogen and oxygen atoms in total. The van der Waals surface area contributed by atoms with E-state index >= 15 is 0 Å². The van der Waals surface area contributed by atoms with Crippen molar-refractivity contribution in [1.29, 1.82) is 0 Å². The third kappa shape index (κ3) is 2.08. The van der Waals surface area contributed by atoms with Crippen LogP contribution in [0, 0.1) is 0 Å². The third-order valence-corrected chi connectivity index (χ3v) is 4.64. The van der Waals surface area contributed by atoms with Crippen molar-refractivity contribution in [2.24, 2.45) is 5.73 Å². The summed E-state index contributed by atoms with van der Waals surface area (Å²) in [7, 11) is 0. The minimum Gasteiger partial charge on any atom is -0.323 e. The average Bonchev–Trinajstić information content (AvgIpc) is 2.65. The predicted octanol–water partition coefficient (Wildman–Crippen LogP) is 3.38. The fraction of sp³-hybridized carbons (Fsp3) is 0.750. The summed E-state index contributed by atoms with van der Waals surface area (Å²) < 4.78 is 0. The van der Waals surface area contributed by atoms with E-state index in [1.54, 1.807) is 0 Å². The lowest BCUT2D eigenvalue weighted by Gasteiger charge is -2.15. The van der Waals surface area contributed by atoms with Gasteiger partial charge in [-0.2, -0.15) is 0 Å². The lowest BCUT2D eigenvalue weighted by Crippen LogP contribution is -2.16. The van der Waals surface area contributed by atoms with Gasteiger partial charge in [-0.3, -0.25) is 0 Å². The van der Waals surface area contributed by atoms with Gasteiger partial charge in [0, 0.05) is 16.8 Å². The Hall–Kier alpha value is -0.410. The van der Waals surface area contributed by atoms with Crippen molar-refractivity contribution in [3.05, 3.63) is 15.6 Å². The molecule has 1 atom stereocenters. The SMILES string of the molecule is CCC(CC)c1nc2c(s1)CCCC2N. The summed E-state index contributed by atoms with van der Waals surface area (Å²) in [6.07, 6.45) is 5.93. The summed E-state index contributed by atoms with van der Waals surface area (Å²) in [5, 5.41) is 1.32. The second-order valence-electron chi connectivity index (χ2n) is 4.37. The Balaban J connectivity index is 2.28. The van der Waals surface area contributed by atoms with Crippen LogP contribution >= 0.6 is 11.3 Å². The molecule has 0 aromatic carbocycles. The lowest BCUT2D eigenvalue weighted by molar-refractivity contribution is 0.557. The van der Waals surface area contributed by atoms with Crippen molar-refractivity contribution < 1.29 is 0 Å². The Kier molecular flexibility index (Phi) is 3.42. The highest BCUT2D eigenvalue weighted by Gasteiger charge is 2.23. The van der Waals surface area contributed by atoms with Gasteiger partial charge < -0.3 is 5.73 Å². The number of rotatable bonds is 3. The predicted molar refractivity (Wildman–Crippen MR) is 65.3 cm³/mol. The molecule has 2 N–H and O–H groups in total.